The Bertz CT molecular complexity index is 1030. The first-order chi connectivity index (χ1) is 14.6. The van der Waals surface area contributed by atoms with E-state index in [0.29, 0.717) is 26.3 Å². The molecule has 30 heavy (non-hydrogen) atoms. The molecular weight excluding hydrogens is 380 g/mol. The zero-order valence-corrected chi connectivity index (χ0v) is 16.8. The number of rotatable bonds is 5. The number of nitrogens with zero attached hydrogens (tertiary/aromatic N) is 3. The van der Waals surface area contributed by atoms with Crippen LogP contribution in [0.2, 0.25) is 0 Å². The monoisotopic (exact) mass is 404 g/mol. The van der Waals surface area contributed by atoms with Gasteiger partial charge in [0.1, 0.15) is 5.75 Å². The van der Waals surface area contributed by atoms with Gasteiger partial charge in [-0.2, -0.15) is 5.10 Å². The van der Waals surface area contributed by atoms with Crippen LogP contribution in [-0.2, 0) is 16.1 Å². The molecule has 1 unspecified atom stereocenters. The maximum atomic E-state index is 12.9. The minimum absolute atomic E-state index is 0.102. The smallest absolute Gasteiger partial charge is 0.263 e. The van der Waals surface area contributed by atoms with Gasteiger partial charge in [0, 0.05) is 18.9 Å². The highest BCUT2D eigenvalue weighted by molar-refractivity contribution is 5.84. The first kappa shape index (κ1) is 18.7. The molecule has 0 aliphatic carbocycles. The van der Waals surface area contributed by atoms with Crippen molar-refractivity contribution < 1.29 is 14.3 Å². The Labute approximate surface area is 175 Å². The number of benzene rings is 2. The van der Waals surface area contributed by atoms with Crippen LogP contribution in [0.3, 0.4) is 0 Å². The normalized spacial score (nSPS) is 19.4. The van der Waals surface area contributed by atoms with E-state index in [1.165, 1.54) is 0 Å². The van der Waals surface area contributed by atoms with Gasteiger partial charge in [-0.3, -0.25) is 4.79 Å². The molecule has 1 amide bonds. The van der Waals surface area contributed by atoms with Crippen molar-refractivity contribution in [2.75, 3.05) is 24.7 Å². The summed E-state index contributed by atoms with van der Waals surface area (Å²) in [5, 5.41) is 7.34. The van der Waals surface area contributed by atoms with Crippen molar-refractivity contribution >= 4 is 11.6 Å². The third-order valence-corrected chi connectivity index (χ3v) is 5.50. The van der Waals surface area contributed by atoms with Crippen LogP contribution in [0, 0.1) is 0 Å². The topological polar surface area (TPSA) is 68.6 Å². The molecule has 1 aromatic heterocycles. The second kappa shape index (κ2) is 7.50. The minimum atomic E-state index is -0.569. The molecule has 0 bridgehead atoms. The number of hydrogen-bond donors (Lipinski definition) is 1. The lowest BCUT2D eigenvalue weighted by atomic mass is 10.00. The maximum Gasteiger partial charge on any atom is 0.263 e. The second-order valence-corrected chi connectivity index (χ2v) is 8.11. The fourth-order valence-electron chi connectivity index (χ4n) is 3.85. The summed E-state index contributed by atoms with van der Waals surface area (Å²) >= 11 is 0. The van der Waals surface area contributed by atoms with Crippen LogP contribution in [0.1, 0.15) is 12.5 Å². The van der Waals surface area contributed by atoms with Gasteiger partial charge >= 0.3 is 0 Å². The van der Waals surface area contributed by atoms with Crippen LogP contribution in [0.4, 0.5) is 5.69 Å². The lowest BCUT2D eigenvalue weighted by Crippen LogP contribution is -2.63. The molecular formula is C23H24N4O3. The number of amides is 1. The quantitative estimate of drug-likeness (QED) is 0.708. The Kier molecular flexibility index (Phi) is 4.67. The minimum Gasteiger partial charge on any atom is -0.477 e. The Morgan fingerprint density at radius 3 is 2.67 bits per heavy atom. The molecule has 2 aromatic carbocycles. The number of para-hydroxylation sites is 2. The molecule has 5 rings (SSSR count). The van der Waals surface area contributed by atoms with Crippen molar-refractivity contribution in [2.45, 2.75) is 25.1 Å². The molecule has 3 aromatic rings. The lowest BCUT2D eigenvalue weighted by molar-refractivity contribution is -0.137. The number of ether oxygens (including phenoxy) is 2. The first-order valence-electron chi connectivity index (χ1n) is 10.1. The highest BCUT2D eigenvalue weighted by Crippen LogP contribution is 2.34. The Morgan fingerprint density at radius 2 is 1.97 bits per heavy atom. The molecule has 154 valence electrons. The zero-order valence-electron chi connectivity index (χ0n) is 16.8. The summed E-state index contributed by atoms with van der Waals surface area (Å²) in [5.74, 6) is 0.626. The number of hydrogen-bond acceptors (Lipinski definition) is 5. The summed E-state index contributed by atoms with van der Waals surface area (Å²) in [4.78, 5) is 15.1. The molecule has 3 heterocycles. The van der Waals surface area contributed by atoms with Crippen LogP contribution in [0.15, 0.2) is 67.0 Å². The summed E-state index contributed by atoms with van der Waals surface area (Å²) in [5.41, 5.74) is 2.86. The summed E-state index contributed by atoms with van der Waals surface area (Å²) in [7, 11) is 0. The van der Waals surface area contributed by atoms with E-state index in [-0.39, 0.29) is 11.4 Å². The predicted octanol–water partition coefficient (Wildman–Crippen LogP) is 2.54. The van der Waals surface area contributed by atoms with Crippen LogP contribution < -0.4 is 15.0 Å². The van der Waals surface area contributed by atoms with E-state index < -0.39 is 6.10 Å². The SMILES string of the molecule is CC1(NC(=O)C2CN(Cc3ccc(-n4cccn4)cc3)c3ccccc3O2)COC1. The Morgan fingerprint density at radius 1 is 1.17 bits per heavy atom. The van der Waals surface area contributed by atoms with E-state index in [2.05, 4.69) is 39.6 Å². The van der Waals surface area contributed by atoms with Crippen LogP contribution in [-0.4, -0.2) is 47.1 Å². The predicted molar refractivity (Wildman–Crippen MR) is 113 cm³/mol. The Balaban J connectivity index is 1.34. The van der Waals surface area contributed by atoms with Crippen LogP contribution in [0.25, 0.3) is 5.69 Å². The van der Waals surface area contributed by atoms with Crippen molar-refractivity contribution in [3.05, 3.63) is 72.6 Å². The van der Waals surface area contributed by atoms with E-state index in [0.717, 1.165) is 22.7 Å². The fourth-order valence-corrected chi connectivity index (χ4v) is 3.85. The molecule has 0 saturated carbocycles. The molecule has 0 spiro atoms. The summed E-state index contributed by atoms with van der Waals surface area (Å²) in [6, 6.07) is 18.1. The zero-order chi connectivity index (χ0) is 20.6. The average Bonchev–Trinajstić information content (AvgIpc) is 3.28. The molecule has 1 fully saturated rings. The van der Waals surface area contributed by atoms with E-state index in [1.807, 2.05) is 48.1 Å². The van der Waals surface area contributed by atoms with E-state index in [1.54, 1.807) is 6.20 Å². The highest BCUT2D eigenvalue weighted by atomic mass is 16.5. The molecule has 2 aliphatic rings. The molecule has 2 aliphatic heterocycles. The molecule has 7 heteroatoms. The maximum absolute atomic E-state index is 12.9. The van der Waals surface area contributed by atoms with Gasteiger partial charge in [-0.15, -0.1) is 0 Å². The van der Waals surface area contributed by atoms with Gasteiger partial charge < -0.3 is 19.7 Å². The van der Waals surface area contributed by atoms with E-state index in [9.17, 15) is 4.79 Å². The third-order valence-electron chi connectivity index (χ3n) is 5.50. The van der Waals surface area contributed by atoms with Crippen molar-refractivity contribution in [3.8, 4) is 11.4 Å². The number of carbonyl (C=O) groups is 1. The standard InChI is InChI=1S/C23H24N4O3/c1-23(15-29-16-23)25-22(28)21-14-26(19-5-2-3-6-20(19)30-21)13-17-7-9-18(10-8-17)27-12-4-11-24-27/h2-12,21H,13-16H2,1H3,(H,25,28). The summed E-state index contributed by atoms with van der Waals surface area (Å²) < 4.78 is 13.1. The lowest BCUT2D eigenvalue weighted by Gasteiger charge is -2.41. The van der Waals surface area contributed by atoms with Gasteiger partial charge in [0.15, 0.2) is 6.10 Å². The highest BCUT2D eigenvalue weighted by Gasteiger charge is 2.39. The van der Waals surface area contributed by atoms with Crippen molar-refractivity contribution in [3.63, 3.8) is 0 Å². The molecule has 1 atom stereocenters. The van der Waals surface area contributed by atoms with Gasteiger partial charge in [0.2, 0.25) is 0 Å². The van der Waals surface area contributed by atoms with Crippen molar-refractivity contribution in [1.82, 2.24) is 15.1 Å². The van der Waals surface area contributed by atoms with Crippen LogP contribution in [0.5, 0.6) is 5.75 Å². The summed E-state index contributed by atoms with van der Waals surface area (Å²) in [6.45, 7) is 4.23. The second-order valence-electron chi connectivity index (χ2n) is 8.11. The van der Waals surface area contributed by atoms with E-state index in [4.69, 9.17) is 9.47 Å². The summed E-state index contributed by atoms with van der Waals surface area (Å²) in [6.07, 6.45) is 3.12. The largest absolute Gasteiger partial charge is 0.477 e. The number of anilines is 1. The van der Waals surface area contributed by atoms with Crippen molar-refractivity contribution in [2.24, 2.45) is 0 Å². The van der Waals surface area contributed by atoms with Crippen LogP contribution >= 0.6 is 0 Å². The molecule has 0 radical (unpaired) electrons. The van der Waals surface area contributed by atoms with E-state index >= 15 is 0 Å². The number of aromatic nitrogens is 2. The van der Waals surface area contributed by atoms with Gasteiger partial charge in [0.25, 0.3) is 5.91 Å². The number of fused-ring (bicyclic) bond motifs is 1. The van der Waals surface area contributed by atoms with Gasteiger partial charge in [-0.1, -0.05) is 24.3 Å². The van der Waals surface area contributed by atoms with Gasteiger partial charge in [0.05, 0.1) is 36.7 Å². The molecule has 1 saturated heterocycles. The fraction of sp³-hybridized carbons (Fsp3) is 0.304. The third kappa shape index (κ3) is 3.64. The van der Waals surface area contributed by atoms with Crippen molar-refractivity contribution in [1.29, 1.82) is 0 Å². The number of nitrogens with one attached hydrogen (secondary N) is 1. The number of carbonyl (C=O) groups excluding carboxylic acids is 1. The Hall–Kier alpha value is -3.32. The van der Waals surface area contributed by atoms with Gasteiger partial charge in [-0.25, -0.2) is 4.68 Å². The van der Waals surface area contributed by atoms with Gasteiger partial charge in [-0.05, 0) is 42.8 Å². The molecule has 1 N–H and O–H groups in total. The average molecular weight is 404 g/mol. The first-order valence-corrected chi connectivity index (χ1v) is 10.1. The molecule has 7 nitrogen and oxygen atoms in total.